The molecule has 1 atom stereocenters. The maximum Gasteiger partial charge on any atom is 0.240 e. The van der Waals surface area contributed by atoms with E-state index in [2.05, 4.69) is 4.72 Å². The Morgan fingerprint density at radius 1 is 1.32 bits per heavy atom. The summed E-state index contributed by atoms with van der Waals surface area (Å²) in [6, 6.07) is 2.14. The van der Waals surface area contributed by atoms with Crippen LogP contribution >= 0.6 is 12.4 Å². The minimum Gasteiger partial charge on any atom is -0.329 e. The fourth-order valence-electron chi connectivity index (χ4n) is 1.75. The lowest BCUT2D eigenvalue weighted by atomic mass is 10.2. The number of rotatable bonds is 5. The Morgan fingerprint density at radius 3 is 2.42 bits per heavy atom. The van der Waals surface area contributed by atoms with Gasteiger partial charge in [0.05, 0.1) is 4.90 Å². The Hall–Kier alpha value is -0.760. The maximum absolute atomic E-state index is 13.0. The van der Waals surface area contributed by atoms with Crippen LogP contribution in [0, 0.1) is 17.6 Å². The van der Waals surface area contributed by atoms with Crippen molar-refractivity contribution in [3.05, 3.63) is 29.8 Å². The molecule has 1 aromatic rings. The number of hydrogen-bond donors (Lipinski definition) is 2. The van der Waals surface area contributed by atoms with E-state index >= 15 is 0 Å². The van der Waals surface area contributed by atoms with Crippen LogP contribution in [-0.4, -0.2) is 21.0 Å². The Bertz CT molecular complexity index is 550. The second-order valence-corrected chi connectivity index (χ2v) is 6.09. The summed E-state index contributed by atoms with van der Waals surface area (Å²) in [5.41, 5.74) is 5.49. The Morgan fingerprint density at radius 2 is 1.95 bits per heavy atom. The lowest BCUT2D eigenvalue weighted by Gasteiger charge is -2.16. The van der Waals surface area contributed by atoms with E-state index in [-0.39, 0.29) is 35.8 Å². The van der Waals surface area contributed by atoms with Gasteiger partial charge in [-0.2, -0.15) is 0 Å². The third-order valence-corrected chi connectivity index (χ3v) is 4.44. The standard InChI is InChI=1S/C11H14F2N2O2S.ClH/c12-9-4-3-8(5-10(9)13)18(16,17)15-11(6-14)7-1-2-7;/h3-5,7,11,15H,1-2,6,14H2;1H. The van der Waals surface area contributed by atoms with E-state index in [1.165, 1.54) is 0 Å². The normalized spacial score (nSPS) is 16.8. The highest BCUT2D eigenvalue weighted by Crippen LogP contribution is 2.32. The molecule has 0 spiro atoms. The van der Waals surface area contributed by atoms with Gasteiger partial charge in [0.15, 0.2) is 11.6 Å². The first kappa shape index (κ1) is 16.3. The highest BCUT2D eigenvalue weighted by molar-refractivity contribution is 7.89. The summed E-state index contributed by atoms with van der Waals surface area (Å²) in [5.74, 6) is -2.02. The lowest BCUT2D eigenvalue weighted by molar-refractivity contribution is 0.500. The van der Waals surface area contributed by atoms with Crippen molar-refractivity contribution >= 4 is 22.4 Å². The van der Waals surface area contributed by atoms with E-state index in [9.17, 15) is 17.2 Å². The largest absolute Gasteiger partial charge is 0.329 e. The zero-order valence-electron chi connectivity index (χ0n) is 9.97. The summed E-state index contributed by atoms with van der Waals surface area (Å²) < 4.78 is 52.1. The molecule has 1 aliphatic carbocycles. The Labute approximate surface area is 116 Å². The van der Waals surface area contributed by atoms with Crippen molar-refractivity contribution in [2.24, 2.45) is 11.7 Å². The van der Waals surface area contributed by atoms with Gasteiger partial charge >= 0.3 is 0 Å². The van der Waals surface area contributed by atoms with Crippen LogP contribution in [0.1, 0.15) is 12.8 Å². The van der Waals surface area contributed by atoms with Gasteiger partial charge in [-0.3, -0.25) is 0 Å². The molecule has 2 rings (SSSR count). The van der Waals surface area contributed by atoms with Crippen LogP contribution in [0.4, 0.5) is 8.78 Å². The first-order valence-corrected chi connectivity index (χ1v) is 7.10. The second-order valence-electron chi connectivity index (χ2n) is 4.38. The van der Waals surface area contributed by atoms with E-state index in [1.54, 1.807) is 0 Å². The molecule has 0 radical (unpaired) electrons. The molecule has 19 heavy (non-hydrogen) atoms. The first-order chi connectivity index (χ1) is 8.44. The number of sulfonamides is 1. The van der Waals surface area contributed by atoms with Gasteiger partial charge in [0.25, 0.3) is 0 Å². The molecule has 0 heterocycles. The van der Waals surface area contributed by atoms with Crippen molar-refractivity contribution in [3.8, 4) is 0 Å². The van der Waals surface area contributed by atoms with E-state index in [1.807, 2.05) is 0 Å². The smallest absolute Gasteiger partial charge is 0.240 e. The molecule has 1 aliphatic rings. The predicted molar refractivity (Wildman–Crippen MR) is 69.5 cm³/mol. The summed E-state index contributed by atoms with van der Waals surface area (Å²) in [4.78, 5) is -0.291. The van der Waals surface area contributed by atoms with Gasteiger partial charge in [0, 0.05) is 12.6 Å². The van der Waals surface area contributed by atoms with Crippen molar-refractivity contribution in [1.29, 1.82) is 0 Å². The van der Waals surface area contributed by atoms with Gasteiger partial charge in [-0.25, -0.2) is 21.9 Å². The van der Waals surface area contributed by atoms with Gasteiger partial charge < -0.3 is 5.73 Å². The topological polar surface area (TPSA) is 72.2 Å². The second kappa shape index (κ2) is 6.13. The lowest BCUT2D eigenvalue weighted by Crippen LogP contribution is -2.41. The number of hydrogen-bond acceptors (Lipinski definition) is 3. The van der Waals surface area contributed by atoms with Crippen LogP contribution < -0.4 is 10.5 Å². The molecule has 1 unspecified atom stereocenters. The highest BCUT2D eigenvalue weighted by atomic mass is 35.5. The van der Waals surface area contributed by atoms with Gasteiger partial charge in [-0.1, -0.05) is 0 Å². The fraction of sp³-hybridized carbons (Fsp3) is 0.455. The zero-order valence-corrected chi connectivity index (χ0v) is 11.6. The molecule has 0 saturated heterocycles. The molecule has 8 heteroatoms. The van der Waals surface area contributed by atoms with E-state index < -0.39 is 21.7 Å². The van der Waals surface area contributed by atoms with Crippen LogP contribution in [0.25, 0.3) is 0 Å². The van der Waals surface area contributed by atoms with Crippen molar-refractivity contribution in [2.45, 2.75) is 23.8 Å². The van der Waals surface area contributed by atoms with Crippen LogP contribution in [0.5, 0.6) is 0 Å². The fourth-order valence-corrected chi connectivity index (χ4v) is 3.08. The average Bonchev–Trinajstić information content (AvgIpc) is 3.13. The Balaban J connectivity index is 0.00000180. The van der Waals surface area contributed by atoms with Crippen molar-refractivity contribution < 1.29 is 17.2 Å². The van der Waals surface area contributed by atoms with Gasteiger partial charge in [0.2, 0.25) is 10.0 Å². The van der Waals surface area contributed by atoms with E-state index in [4.69, 9.17) is 5.73 Å². The molecular weight excluding hydrogens is 298 g/mol. The minimum absolute atomic E-state index is 0. The van der Waals surface area contributed by atoms with Crippen LogP contribution in [0.2, 0.25) is 0 Å². The number of halogens is 3. The van der Waals surface area contributed by atoms with Gasteiger partial charge in [-0.15, -0.1) is 12.4 Å². The quantitative estimate of drug-likeness (QED) is 0.863. The van der Waals surface area contributed by atoms with Gasteiger partial charge in [-0.05, 0) is 37.0 Å². The third-order valence-electron chi connectivity index (χ3n) is 2.95. The summed E-state index contributed by atoms with van der Waals surface area (Å²) >= 11 is 0. The maximum atomic E-state index is 13.0. The molecule has 1 saturated carbocycles. The van der Waals surface area contributed by atoms with Crippen molar-refractivity contribution in [2.75, 3.05) is 6.54 Å². The Kier molecular flexibility index (Phi) is 5.26. The molecular formula is C11H15ClF2N2O2S. The van der Waals surface area contributed by atoms with Crippen LogP contribution in [-0.2, 0) is 10.0 Å². The summed E-state index contributed by atoms with van der Waals surface area (Å²) in [7, 11) is -3.85. The van der Waals surface area contributed by atoms with Crippen molar-refractivity contribution in [1.82, 2.24) is 4.72 Å². The average molecular weight is 313 g/mol. The highest BCUT2D eigenvalue weighted by Gasteiger charge is 2.33. The summed E-state index contributed by atoms with van der Waals surface area (Å²) in [6.07, 6.45) is 1.87. The first-order valence-electron chi connectivity index (χ1n) is 5.61. The summed E-state index contributed by atoms with van der Waals surface area (Å²) in [5, 5.41) is 0. The van der Waals surface area contributed by atoms with E-state index in [0.29, 0.717) is 6.07 Å². The third kappa shape index (κ3) is 3.85. The monoisotopic (exact) mass is 312 g/mol. The van der Waals surface area contributed by atoms with Crippen LogP contribution in [0.3, 0.4) is 0 Å². The number of nitrogens with two attached hydrogens (primary N) is 1. The van der Waals surface area contributed by atoms with E-state index in [0.717, 1.165) is 25.0 Å². The van der Waals surface area contributed by atoms with Gasteiger partial charge in [0.1, 0.15) is 0 Å². The molecule has 0 aliphatic heterocycles. The zero-order chi connectivity index (χ0) is 13.3. The van der Waals surface area contributed by atoms with Crippen molar-refractivity contribution in [3.63, 3.8) is 0 Å². The number of benzene rings is 1. The number of nitrogens with one attached hydrogen (secondary N) is 1. The SMILES string of the molecule is Cl.NCC(NS(=O)(=O)c1ccc(F)c(F)c1)C1CC1. The molecule has 0 aromatic heterocycles. The minimum atomic E-state index is -3.85. The molecule has 1 aromatic carbocycles. The molecule has 0 bridgehead atoms. The molecule has 108 valence electrons. The molecule has 1 fully saturated rings. The molecule has 0 amide bonds. The molecule has 3 N–H and O–H groups in total. The predicted octanol–water partition coefficient (Wildman–Crippen LogP) is 1.40. The van der Waals surface area contributed by atoms with Crippen LogP contribution in [0.15, 0.2) is 23.1 Å². The summed E-state index contributed by atoms with van der Waals surface area (Å²) in [6.45, 7) is 0.188. The molecule has 4 nitrogen and oxygen atoms in total.